The number of alkyl halides is 2. The van der Waals surface area contributed by atoms with Crippen LogP contribution in [0.5, 0.6) is 0 Å². The van der Waals surface area contributed by atoms with Crippen LogP contribution in [0.15, 0.2) is 23.1 Å². The van der Waals surface area contributed by atoms with Gasteiger partial charge in [0.1, 0.15) is 0 Å². The third kappa shape index (κ3) is 3.38. The molecule has 0 spiro atoms. The van der Waals surface area contributed by atoms with Gasteiger partial charge in [-0.25, -0.2) is 21.9 Å². The summed E-state index contributed by atoms with van der Waals surface area (Å²) in [5.41, 5.74) is 0.560. The van der Waals surface area contributed by atoms with Gasteiger partial charge in [0, 0.05) is 12.1 Å². The van der Waals surface area contributed by atoms with Crippen molar-refractivity contribution in [1.82, 2.24) is 10.0 Å². The van der Waals surface area contributed by atoms with Crippen LogP contribution in [0.1, 0.15) is 29.3 Å². The molecule has 21 heavy (non-hydrogen) atoms. The summed E-state index contributed by atoms with van der Waals surface area (Å²) in [6.45, 7) is 2.12. The van der Waals surface area contributed by atoms with Gasteiger partial charge in [0.2, 0.25) is 10.0 Å². The topological polar surface area (TPSA) is 75.3 Å². The van der Waals surface area contributed by atoms with Crippen LogP contribution in [0.25, 0.3) is 0 Å². The summed E-state index contributed by atoms with van der Waals surface area (Å²) < 4.78 is 51.7. The number of rotatable bonds is 5. The average Bonchev–Trinajstić information content (AvgIpc) is 2.44. The number of sulfonamides is 1. The second-order valence-corrected chi connectivity index (χ2v) is 6.60. The summed E-state index contributed by atoms with van der Waals surface area (Å²) in [6.07, 6.45) is -2.03. The van der Waals surface area contributed by atoms with E-state index in [4.69, 9.17) is 0 Å². The highest BCUT2D eigenvalue weighted by molar-refractivity contribution is 7.89. The van der Waals surface area contributed by atoms with Crippen molar-refractivity contribution in [3.05, 3.63) is 29.3 Å². The molecule has 1 amide bonds. The molecular formula is C13H16F2N2O3S. The van der Waals surface area contributed by atoms with Crippen molar-refractivity contribution in [2.24, 2.45) is 0 Å². The summed E-state index contributed by atoms with van der Waals surface area (Å²) in [5, 5.41) is 2.19. The van der Waals surface area contributed by atoms with Crippen LogP contribution >= 0.6 is 0 Å². The molecule has 1 aliphatic rings. The fraction of sp³-hybridized carbons (Fsp3) is 0.462. The van der Waals surface area contributed by atoms with Crippen LogP contribution in [0, 0.1) is 0 Å². The minimum Gasteiger partial charge on any atom is -0.343 e. The highest BCUT2D eigenvalue weighted by Gasteiger charge is 2.31. The van der Waals surface area contributed by atoms with E-state index in [0.29, 0.717) is 18.5 Å². The van der Waals surface area contributed by atoms with E-state index in [1.165, 1.54) is 18.2 Å². The third-order valence-electron chi connectivity index (χ3n) is 3.24. The van der Waals surface area contributed by atoms with E-state index in [1.54, 1.807) is 0 Å². The summed E-state index contributed by atoms with van der Waals surface area (Å²) >= 11 is 0. The number of carbonyl (C=O) groups excluding carboxylic acids is 1. The number of fused-ring (bicyclic) bond motifs is 1. The van der Waals surface area contributed by atoms with Crippen molar-refractivity contribution in [2.45, 2.75) is 37.1 Å². The summed E-state index contributed by atoms with van der Waals surface area (Å²) in [4.78, 5) is 11.8. The maximum absolute atomic E-state index is 12.7. The minimum atomic E-state index is -3.69. The lowest BCUT2D eigenvalue weighted by atomic mass is 9.95. The van der Waals surface area contributed by atoms with E-state index in [2.05, 4.69) is 10.0 Å². The number of halogens is 2. The van der Waals surface area contributed by atoms with E-state index in [0.717, 1.165) is 0 Å². The molecule has 1 heterocycles. The van der Waals surface area contributed by atoms with E-state index in [9.17, 15) is 22.0 Å². The van der Waals surface area contributed by atoms with Crippen molar-refractivity contribution in [3.63, 3.8) is 0 Å². The molecule has 1 unspecified atom stereocenters. The number of hydrogen-bond donors (Lipinski definition) is 2. The van der Waals surface area contributed by atoms with Gasteiger partial charge in [-0.05, 0) is 30.5 Å². The predicted octanol–water partition coefficient (Wildman–Crippen LogP) is 1.29. The largest absolute Gasteiger partial charge is 0.343 e. The highest BCUT2D eigenvalue weighted by Crippen LogP contribution is 2.23. The molecule has 0 radical (unpaired) electrons. The molecule has 2 N–H and O–H groups in total. The molecule has 0 saturated heterocycles. The molecule has 1 atom stereocenters. The van der Waals surface area contributed by atoms with E-state index < -0.39 is 28.4 Å². The second kappa shape index (κ2) is 6.07. The monoisotopic (exact) mass is 318 g/mol. The van der Waals surface area contributed by atoms with Crippen molar-refractivity contribution in [1.29, 1.82) is 0 Å². The first-order valence-corrected chi connectivity index (χ1v) is 8.05. The molecule has 1 aromatic carbocycles. The van der Waals surface area contributed by atoms with Crippen molar-refractivity contribution in [3.8, 4) is 0 Å². The normalized spacial score (nSPS) is 18.5. The Balaban J connectivity index is 2.33. The van der Waals surface area contributed by atoms with Gasteiger partial charge in [-0.15, -0.1) is 0 Å². The van der Waals surface area contributed by atoms with E-state index in [1.807, 2.05) is 6.92 Å². The minimum absolute atomic E-state index is 0.0124. The second-order valence-electron chi connectivity index (χ2n) is 4.84. The van der Waals surface area contributed by atoms with Crippen LogP contribution in [0.4, 0.5) is 8.78 Å². The van der Waals surface area contributed by atoms with Gasteiger partial charge in [-0.1, -0.05) is 13.0 Å². The molecular weight excluding hydrogens is 302 g/mol. The van der Waals surface area contributed by atoms with Gasteiger partial charge >= 0.3 is 0 Å². The molecule has 0 saturated carbocycles. The molecule has 0 bridgehead atoms. The van der Waals surface area contributed by atoms with Gasteiger partial charge in [-0.3, -0.25) is 4.79 Å². The molecule has 8 heteroatoms. The Morgan fingerprint density at radius 2 is 2.14 bits per heavy atom. The third-order valence-corrected chi connectivity index (χ3v) is 4.70. The molecule has 5 nitrogen and oxygen atoms in total. The summed E-state index contributed by atoms with van der Waals surface area (Å²) in [7, 11) is -3.69. The molecule has 116 valence electrons. The van der Waals surface area contributed by atoms with E-state index in [-0.39, 0.29) is 16.9 Å². The maximum atomic E-state index is 12.7. The number of hydrogen-bond acceptors (Lipinski definition) is 3. The molecule has 1 aromatic rings. The Morgan fingerprint density at radius 1 is 1.43 bits per heavy atom. The first kappa shape index (κ1) is 15.8. The van der Waals surface area contributed by atoms with Gasteiger partial charge in [0.25, 0.3) is 12.3 Å². The lowest BCUT2D eigenvalue weighted by molar-refractivity contribution is 0.0715. The van der Waals surface area contributed by atoms with Crippen molar-refractivity contribution < 1.29 is 22.0 Å². The standard InChI is InChI=1S/C13H16F2N2O3S/c1-2-5-16-21(19,20)9-4-3-8-6-11(12(14)15)17-13(18)10(8)7-9/h3-4,7,11-12,16H,2,5-6H2,1H3,(H,17,18). The lowest BCUT2D eigenvalue weighted by Crippen LogP contribution is -2.45. The van der Waals surface area contributed by atoms with Gasteiger partial charge < -0.3 is 5.32 Å². The van der Waals surface area contributed by atoms with Crippen LogP contribution < -0.4 is 10.0 Å². The zero-order valence-corrected chi connectivity index (χ0v) is 12.2. The average molecular weight is 318 g/mol. The Labute approximate surface area is 121 Å². The predicted molar refractivity (Wildman–Crippen MR) is 72.9 cm³/mol. The zero-order valence-electron chi connectivity index (χ0n) is 11.4. The van der Waals surface area contributed by atoms with E-state index >= 15 is 0 Å². The Hall–Kier alpha value is -1.54. The van der Waals surface area contributed by atoms with Crippen LogP contribution in [-0.4, -0.2) is 33.3 Å². The first-order valence-electron chi connectivity index (χ1n) is 6.56. The number of amides is 1. The SMILES string of the molecule is CCCNS(=O)(=O)c1ccc2c(c1)C(=O)NC(C(F)F)C2. The highest BCUT2D eigenvalue weighted by atomic mass is 32.2. The molecule has 2 rings (SSSR count). The number of nitrogens with one attached hydrogen (secondary N) is 2. The Kier molecular flexibility index (Phi) is 4.58. The maximum Gasteiger partial charge on any atom is 0.258 e. The van der Waals surface area contributed by atoms with Gasteiger partial charge in [0.05, 0.1) is 10.9 Å². The zero-order chi connectivity index (χ0) is 15.6. The lowest BCUT2D eigenvalue weighted by Gasteiger charge is -2.25. The number of carbonyl (C=O) groups is 1. The molecule has 0 aromatic heterocycles. The van der Waals surface area contributed by atoms with Gasteiger partial charge in [0.15, 0.2) is 0 Å². The summed E-state index contributed by atoms with van der Waals surface area (Å²) in [5.74, 6) is -0.672. The van der Waals surface area contributed by atoms with Crippen LogP contribution in [0.2, 0.25) is 0 Å². The van der Waals surface area contributed by atoms with Crippen molar-refractivity contribution in [2.75, 3.05) is 6.54 Å². The number of benzene rings is 1. The Bertz CT molecular complexity index is 647. The first-order chi connectivity index (χ1) is 9.85. The van der Waals surface area contributed by atoms with Gasteiger partial charge in [-0.2, -0.15) is 0 Å². The fourth-order valence-corrected chi connectivity index (χ4v) is 3.28. The van der Waals surface area contributed by atoms with Crippen LogP contribution in [0.3, 0.4) is 0 Å². The smallest absolute Gasteiger partial charge is 0.258 e. The molecule has 0 aliphatic carbocycles. The quantitative estimate of drug-likeness (QED) is 0.859. The Morgan fingerprint density at radius 3 is 2.76 bits per heavy atom. The summed E-state index contributed by atoms with van der Waals surface area (Å²) in [6, 6.07) is 2.75. The van der Waals surface area contributed by atoms with Crippen molar-refractivity contribution >= 4 is 15.9 Å². The molecule has 0 fully saturated rings. The van der Waals surface area contributed by atoms with Crippen LogP contribution in [-0.2, 0) is 16.4 Å². The fourth-order valence-electron chi connectivity index (χ4n) is 2.12. The molecule has 1 aliphatic heterocycles.